The van der Waals surface area contributed by atoms with Crippen molar-refractivity contribution < 1.29 is 31.9 Å². The molecule has 0 aliphatic carbocycles. The van der Waals surface area contributed by atoms with Gasteiger partial charge in [0.15, 0.2) is 0 Å². The summed E-state index contributed by atoms with van der Waals surface area (Å²) in [5, 5.41) is 8.80. The van der Waals surface area contributed by atoms with Gasteiger partial charge in [0.1, 0.15) is 11.6 Å². The lowest BCUT2D eigenvalue weighted by molar-refractivity contribution is -0.139. The zero-order chi connectivity index (χ0) is 15.8. The molecule has 7 heteroatoms. The molecule has 2 aromatic rings. The standard InChI is InChI=1S/C14H7F5O2/c15-10-4-8(3-9(5-10)13(20)21)7-1-2-12(16)11(6-7)14(17,18)19/h1-6H,(H,20,21). The molecule has 110 valence electrons. The largest absolute Gasteiger partial charge is 0.478 e. The molecule has 2 nitrogen and oxygen atoms in total. The van der Waals surface area contributed by atoms with Crippen LogP contribution in [0.5, 0.6) is 0 Å². The minimum atomic E-state index is -4.90. The summed E-state index contributed by atoms with van der Waals surface area (Å²) in [6.07, 6.45) is -4.90. The predicted molar refractivity (Wildman–Crippen MR) is 63.8 cm³/mol. The van der Waals surface area contributed by atoms with E-state index >= 15 is 0 Å². The zero-order valence-corrected chi connectivity index (χ0v) is 10.2. The highest BCUT2D eigenvalue weighted by Gasteiger charge is 2.34. The van der Waals surface area contributed by atoms with Crippen molar-refractivity contribution >= 4 is 5.97 Å². The average Bonchev–Trinajstić information content (AvgIpc) is 2.37. The van der Waals surface area contributed by atoms with E-state index in [1.165, 1.54) is 0 Å². The van der Waals surface area contributed by atoms with Gasteiger partial charge >= 0.3 is 12.1 Å². The number of hydrogen-bond acceptors (Lipinski definition) is 1. The third kappa shape index (κ3) is 3.18. The molecule has 2 aromatic carbocycles. The van der Waals surface area contributed by atoms with E-state index in [2.05, 4.69) is 0 Å². The maximum atomic E-state index is 13.3. The quantitative estimate of drug-likeness (QED) is 0.837. The van der Waals surface area contributed by atoms with Crippen molar-refractivity contribution in [1.29, 1.82) is 0 Å². The second kappa shape index (κ2) is 5.16. The Morgan fingerprint density at radius 1 is 0.952 bits per heavy atom. The van der Waals surface area contributed by atoms with E-state index in [0.29, 0.717) is 12.1 Å². The van der Waals surface area contributed by atoms with Crippen LogP contribution in [0.2, 0.25) is 0 Å². The van der Waals surface area contributed by atoms with Gasteiger partial charge in [0, 0.05) is 0 Å². The molecule has 0 fully saturated rings. The van der Waals surface area contributed by atoms with Crippen LogP contribution in [0.15, 0.2) is 36.4 Å². The minimum Gasteiger partial charge on any atom is -0.478 e. The Bertz CT molecular complexity index is 707. The van der Waals surface area contributed by atoms with Gasteiger partial charge in [-0.05, 0) is 41.5 Å². The van der Waals surface area contributed by atoms with Crippen molar-refractivity contribution in [3.63, 3.8) is 0 Å². The molecular formula is C14H7F5O2. The Hall–Kier alpha value is -2.44. The van der Waals surface area contributed by atoms with E-state index in [-0.39, 0.29) is 11.1 Å². The topological polar surface area (TPSA) is 37.3 Å². The molecule has 0 unspecified atom stereocenters. The number of benzene rings is 2. The van der Waals surface area contributed by atoms with E-state index < -0.39 is 34.9 Å². The molecule has 0 aromatic heterocycles. The molecule has 0 amide bonds. The van der Waals surface area contributed by atoms with E-state index in [9.17, 15) is 26.7 Å². The highest BCUT2D eigenvalue weighted by Crippen LogP contribution is 2.34. The molecule has 0 spiro atoms. The number of rotatable bonds is 2. The summed E-state index contributed by atoms with van der Waals surface area (Å²) in [7, 11) is 0. The third-order valence-corrected chi connectivity index (χ3v) is 2.75. The fourth-order valence-corrected chi connectivity index (χ4v) is 1.80. The highest BCUT2D eigenvalue weighted by atomic mass is 19.4. The first-order chi connectivity index (χ1) is 9.68. The molecule has 0 aliphatic heterocycles. The number of carboxylic acids is 1. The molecule has 0 bridgehead atoms. The molecule has 2 rings (SSSR count). The molecular weight excluding hydrogens is 295 g/mol. The summed E-state index contributed by atoms with van der Waals surface area (Å²) >= 11 is 0. The van der Waals surface area contributed by atoms with Gasteiger partial charge in [0.25, 0.3) is 0 Å². The van der Waals surface area contributed by atoms with Gasteiger partial charge in [-0.15, -0.1) is 0 Å². The van der Waals surface area contributed by atoms with Crippen LogP contribution in [0.1, 0.15) is 15.9 Å². The Morgan fingerprint density at radius 3 is 2.19 bits per heavy atom. The summed E-state index contributed by atoms with van der Waals surface area (Å²) in [5.74, 6) is -3.79. The monoisotopic (exact) mass is 302 g/mol. The first-order valence-electron chi connectivity index (χ1n) is 5.59. The summed E-state index contributed by atoms with van der Waals surface area (Å²) in [4.78, 5) is 10.8. The maximum Gasteiger partial charge on any atom is 0.419 e. The van der Waals surface area contributed by atoms with Crippen LogP contribution in [-0.4, -0.2) is 11.1 Å². The molecule has 0 aliphatic rings. The number of alkyl halides is 3. The minimum absolute atomic E-state index is 0.0853. The molecule has 1 N–H and O–H groups in total. The summed E-state index contributed by atoms with van der Waals surface area (Å²) in [6.45, 7) is 0. The van der Waals surface area contributed by atoms with Crippen molar-refractivity contribution in [3.8, 4) is 11.1 Å². The number of aromatic carboxylic acids is 1. The predicted octanol–water partition coefficient (Wildman–Crippen LogP) is 4.35. The normalized spacial score (nSPS) is 11.5. The molecule has 0 saturated heterocycles. The van der Waals surface area contributed by atoms with Gasteiger partial charge in [-0.2, -0.15) is 13.2 Å². The first kappa shape index (κ1) is 15.0. The molecule has 21 heavy (non-hydrogen) atoms. The fourth-order valence-electron chi connectivity index (χ4n) is 1.80. The summed E-state index contributed by atoms with van der Waals surface area (Å²) in [6, 6.07) is 4.75. The average molecular weight is 302 g/mol. The van der Waals surface area contributed by atoms with E-state index in [0.717, 1.165) is 24.3 Å². The van der Waals surface area contributed by atoms with Crippen molar-refractivity contribution in [2.75, 3.05) is 0 Å². The molecule has 0 atom stereocenters. The maximum absolute atomic E-state index is 13.3. The van der Waals surface area contributed by atoms with E-state index in [4.69, 9.17) is 5.11 Å². The summed E-state index contributed by atoms with van der Waals surface area (Å²) < 4.78 is 64.4. The number of carboxylic acid groups (broad SMARTS) is 1. The van der Waals surface area contributed by atoms with Crippen LogP contribution in [0.4, 0.5) is 22.0 Å². The molecule has 0 saturated carbocycles. The van der Waals surface area contributed by atoms with Crippen LogP contribution < -0.4 is 0 Å². The second-order valence-corrected chi connectivity index (χ2v) is 4.23. The number of hydrogen-bond donors (Lipinski definition) is 1. The van der Waals surface area contributed by atoms with Crippen molar-refractivity contribution in [1.82, 2.24) is 0 Å². The van der Waals surface area contributed by atoms with Crippen molar-refractivity contribution in [2.45, 2.75) is 6.18 Å². The first-order valence-corrected chi connectivity index (χ1v) is 5.59. The number of carbonyl (C=O) groups is 1. The lowest BCUT2D eigenvalue weighted by atomic mass is 10.0. The van der Waals surface area contributed by atoms with E-state index in [1.54, 1.807) is 0 Å². The molecule has 0 radical (unpaired) electrons. The lowest BCUT2D eigenvalue weighted by Gasteiger charge is -2.10. The van der Waals surface area contributed by atoms with Gasteiger partial charge in [0.05, 0.1) is 11.1 Å². The third-order valence-electron chi connectivity index (χ3n) is 2.75. The Kier molecular flexibility index (Phi) is 3.67. The van der Waals surface area contributed by atoms with Crippen molar-refractivity contribution in [3.05, 3.63) is 59.2 Å². The van der Waals surface area contributed by atoms with Crippen LogP contribution in [0, 0.1) is 11.6 Å². The fraction of sp³-hybridized carbons (Fsp3) is 0.0714. The Labute approximate surface area is 115 Å². The Balaban J connectivity index is 2.60. The number of halogens is 5. The lowest BCUT2D eigenvalue weighted by Crippen LogP contribution is -2.08. The van der Waals surface area contributed by atoms with Crippen LogP contribution >= 0.6 is 0 Å². The smallest absolute Gasteiger partial charge is 0.419 e. The zero-order valence-electron chi connectivity index (χ0n) is 10.2. The van der Waals surface area contributed by atoms with Crippen LogP contribution in [0.3, 0.4) is 0 Å². The highest BCUT2D eigenvalue weighted by molar-refractivity contribution is 5.89. The van der Waals surface area contributed by atoms with Gasteiger partial charge in [-0.25, -0.2) is 13.6 Å². The summed E-state index contributed by atoms with van der Waals surface area (Å²) in [5.41, 5.74) is -2.13. The van der Waals surface area contributed by atoms with Gasteiger partial charge in [-0.3, -0.25) is 0 Å². The second-order valence-electron chi connectivity index (χ2n) is 4.23. The Morgan fingerprint density at radius 2 is 1.62 bits per heavy atom. The van der Waals surface area contributed by atoms with Crippen LogP contribution in [0.25, 0.3) is 11.1 Å². The van der Waals surface area contributed by atoms with Gasteiger partial charge in [-0.1, -0.05) is 6.07 Å². The van der Waals surface area contributed by atoms with Crippen molar-refractivity contribution in [2.24, 2.45) is 0 Å². The SMILES string of the molecule is O=C(O)c1cc(F)cc(-c2ccc(F)c(C(F)(F)F)c2)c1. The van der Waals surface area contributed by atoms with Gasteiger partial charge < -0.3 is 5.11 Å². The van der Waals surface area contributed by atoms with E-state index in [1.807, 2.05) is 0 Å². The van der Waals surface area contributed by atoms with Crippen LogP contribution in [-0.2, 0) is 6.18 Å². The molecule has 0 heterocycles. The van der Waals surface area contributed by atoms with Gasteiger partial charge in [0.2, 0.25) is 0 Å².